The van der Waals surface area contributed by atoms with Crippen LogP contribution in [0.5, 0.6) is 0 Å². The minimum Gasteiger partial charge on any atom is -0.299 e. The van der Waals surface area contributed by atoms with Crippen molar-refractivity contribution < 1.29 is 30.0 Å². The van der Waals surface area contributed by atoms with Crippen LogP contribution in [0.3, 0.4) is 0 Å². The van der Waals surface area contributed by atoms with Gasteiger partial charge in [-0.15, -0.1) is 10.3 Å². The summed E-state index contributed by atoms with van der Waals surface area (Å²) in [6.45, 7) is 1.74. The molecule has 0 aromatic rings. The molecule has 4 nitrogen and oxygen atoms in total. The maximum absolute atomic E-state index is 12.1. The van der Waals surface area contributed by atoms with Crippen LogP contribution in [0, 0.1) is 0 Å². The SMILES string of the molecule is CCCC(=O)CS(C)(C)OS(=O)(=O)C(F)(F)F. The second-order valence-electron chi connectivity index (χ2n) is 3.84. The van der Waals surface area contributed by atoms with E-state index in [2.05, 4.69) is 3.63 Å². The third kappa shape index (κ3) is 5.73. The van der Waals surface area contributed by atoms with E-state index in [9.17, 15) is 26.4 Å². The zero-order valence-corrected chi connectivity index (χ0v) is 11.3. The zero-order chi connectivity index (χ0) is 13.9. The van der Waals surface area contributed by atoms with Crippen LogP contribution in [0.4, 0.5) is 13.2 Å². The maximum Gasteiger partial charge on any atom is 0.523 e. The first kappa shape index (κ1) is 16.7. The van der Waals surface area contributed by atoms with E-state index in [1.165, 1.54) is 12.5 Å². The molecule has 0 rings (SSSR count). The van der Waals surface area contributed by atoms with Gasteiger partial charge in [0, 0.05) is 6.42 Å². The molecule has 0 spiro atoms. The van der Waals surface area contributed by atoms with Gasteiger partial charge >= 0.3 is 15.6 Å². The summed E-state index contributed by atoms with van der Waals surface area (Å²) in [6, 6.07) is 0. The number of rotatable bonds is 6. The second kappa shape index (κ2) is 5.57. The highest BCUT2D eigenvalue weighted by Crippen LogP contribution is 2.46. The molecule has 0 bridgehead atoms. The molecule has 0 saturated heterocycles. The van der Waals surface area contributed by atoms with Crippen LogP contribution in [-0.2, 0) is 18.5 Å². The summed E-state index contributed by atoms with van der Waals surface area (Å²) < 4.78 is 61.8. The Morgan fingerprint density at radius 2 is 1.71 bits per heavy atom. The first-order chi connectivity index (χ1) is 7.41. The fourth-order valence-corrected chi connectivity index (χ4v) is 4.40. The summed E-state index contributed by atoms with van der Waals surface area (Å²) >= 11 is 0. The minimum atomic E-state index is -5.63. The highest BCUT2D eigenvalue weighted by atomic mass is 32.3. The number of Topliss-reactive ketones (excluding diaryl/α,β-unsaturated/α-hetero) is 1. The molecule has 104 valence electrons. The normalized spacial score (nSPS) is 14.7. The predicted molar refractivity (Wildman–Crippen MR) is 60.3 cm³/mol. The van der Waals surface area contributed by atoms with E-state index in [1.807, 2.05) is 0 Å². The molecule has 0 fully saturated rings. The average molecular weight is 296 g/mol. The highest BCUT2D eigenvalue weighted by molar-refractivity contribution is 8.32. The first-order valence-electron chi connectivity index (χ1n) is 4.66. The van der Waals surface area contributed by atoms with E-state index in [4.69, 9.17) is 0 Å². The van der Waals surface area contributed by atoms with Gasteiger partial charge in [-0.1, -0.05) is 6.92 Å². The number of ketones is 1. The maximum atomic E-state index is 12.1. The highest BCUT2D eigenvalue weighted by Gasteiger charge is 2.49. The molecule has 0 N–H and O–H groups in total. The molecule has 0 saturated carbocycles. The van der Waals surface area contributed by atoms with Crippen LogP contribution < -0.4 is 0 Å². The van der Waals surface area contributed by atoms with E-state index in [0.717, 1.165) is 0 Å². The largest absolute Gasteiger partial charge is 0.523 e. The first-order valence-corrected chi connectivity index (χ1v) is 8.61. The number of halogens is 3. The smallest absolute Gasteiger partial charge is 0.299 e. The summed E-state index contributed by atoms with van der Waals surface area (Å²) in [5.41, 5.74) is -5.45. The Morgan fingerprint density at radius 1 is 1.24 bits per heavy atom. The van der Waals surface area contributed by atoms with Gasteiger partial charge in [0.15, 0.2) is 0 Å². The van der Waals surface area contributed by atoms with Crippen molar-refractivity contribution in [2.24, 2.45) is 0 Å². The standard InChI is InChI=1S/C8H15F3O4S2/c1-4-5-7(12)6-16(2,3)15-17(13,14)8(9,10)11/h4-6H2,1-3H3. The summed E-state index contributed by atoms with van der Waals surface area (Å²) in [7, 11) is -8.23. The van der Waals surface area contributed by atoms with E-state index in [-0.39, 0.29) is 18.0 Å². The number of carbonyl (C=O) groups excluding carboxylic acids is 1. The minimum absolute atomic E-state index is 0.200. The van der Waals surface area contributed by atoms with Crippen molar-refractivity contribution in [3.05, 3.63) is 0 Å². The van der Waals surface area contributed by atoms with Crippen molar-refractivity contribution >= 4 is 26.2 Å². The molecular weight excluding hydrogens is 281 g/mol. The van der Waals surface area contributed by atoms with Crippen LogP contribution in [0.25, 0.3) is 0 Å². The topological polar surface area (TPSA) is 60.4 Å². The lowest BCUT2D eigenvalue weighted by atomic mass is 10.3. The Morgan fingerprint density at radius 3 is 2.06 bits per heavy atom. The van der Waals surface area contributed by atoms with Crippen LogP contribution in [-0.4, -0.2) is 38.0 Å². The summed E-state index contributed by atoms with van der Waals surface area (Å²) in [6.07, 6.45) is 3.18. The average Bonchev–Trinajstić information content (AvgIpc) is 1.97. The Bertz CT molecular complexity index is 373. The van der Waals surface area contributed by atoms with Crippen molar-refractivity contribution in [1.29, 1.82) is 0 Å². The lowest BCUT2D eigenvalue weighted by molar-refractivity contribution is -0.116. The number of hydrogen-bond acceptors (Lipinski definition) is 4. The van der Waals surface area contributed by atoms with E-state index < -0.39 is 25.9 Å². The van der Waals surface area contributed by atoms with Gasteiger partial charge in [-0.25, -0.2) is 3.63 Å². The lowest BCUT2D eigenvalue weighted by Crippen LogP contribution is -2.28. The molecule has 0 radical (unpaired) electrons. The fraction of sp³-hybridized carbons (Fsp3) is 0.875. The molecule has 0 aliphatic rings. The number of alkyl halides is 3. The van der Waals surface area contributed by atoms with Gasteiger partial charge in [-0.3, -0.25) is 4.79 Å². The molecule has 0 aromatic heterocycles. The Hall–Kier alpha value is -0.280. The molecule has 0 unspecified atom stereocenters. The van der Waals surface area contributed by atoms with Crippen molar-refractivity contribution in [1.82, 2.24) is 0 Å². The molecule has 0 heterocycles. The Balaban J connectivity index is 4.72. The molecular formula is C8H15F3O4S2. The van der Waals surface area contributed by atoms with E-state index in [1.54, 1.807) is 6.92 Å². The van der Waals surface area contributed by atoms with Crippen LogP contribution in [0.1, 0.15) is 19.8 Å². The van der Waals surface area contributed by atoms with Crippen molar-refractivity contribution in [3.63, 3.8) is 0 Å². The summed E-state index contributed by atoms with van der Waals surface area (Å²) in [5, 5.41) is 0. The molecule has 9 heteroatoms. The van der Waals surface area contributed by atoms with Crippen LogP contribution >= 0.6 is 10.3 Å². The van der Waals surface area contributed by atoms with Crippen molar-refractivity contribution in [2.45, 2.75) is 25.3 Å². The quantitative estimate of drug-likeness (QED) is 0.705. The zero-order valence-electron chi connectivity index (χ0n) is 9.70. The van der Waals surface area contributed by atoms with Gasteiger partial charge < -0.3 is 0 Å². The molecule has 17 heavy (non-hydrogen) atoms. The third-order valence-corrected chi connectivity index (χ3v) is 5.37. The van der Waals surface area contributed by atoms with E-state index >= 15 is 0 Å². The molecule has 0 aliphatic heterocycles. The molecule has 0 amide bonds. The lowest BCUT2D eigenvalue weighted by Gasteiger charge is -2.29. The molecule has 0 atom stereocenters. The van der Waals surface area contributed by atoms with Gasteiger partial charge in [-0.2, -0.15) is 21.6 Å². The monoisotopic (exact) mass is 296 g/mol. The Kier molecular flexibility index (Phi) is 5.48. The fourth-order valence-electron chi connectivity index (χ4n) is 1.04. The number of hydrogen-bond donors (Lipinski definition) is 0. The third-order valence-electron chi connectivity index (χ3n) is 1.59. The molecule has 0 aliphatic carbocycles. The van der Waals surface area contributed by atoms with Gasteiger partial charge in [-0.05, 0) is 18.9 Å². The van der Waals surface area contributed by atoms with E-state index in [0.29, 0.717) is 6.42 Å². The summed E-state index contributed by atoms with van der Waals surface area (Å²) in [4.78, 5) is 11.3. The van der Waals surface area contributed by atoms with Crippen LogP contribution in [0.2, 0.25) is 0 Å². The number of carbonyl (C=O) groups is 1. The second-order valence-corrected chi connectivity index (χ2v) is 8.92. The Labute approximate surface area is 100 Å². The van der Waals surface area contributed by atoms with Crippen molar-refractivity contribution in [3.8, 4) is 0 Å². The predicted octanol–water partition coefficient (Wildman–Crippen LogP) is 2.20. The van der Waals surface area contributed by atoms with Gasteiger partial charge in [0.1, 0.15) is 5.78 Å². The summed E-state index contributed by atoms with van der Waals surface area (Å²) in [5.74, 6) is -0.597. The van der Waals surface area contributed by atoms with Gasteiger partial charge in [0.2, 0.25) is 0 Å². The van der Waals surface area contributed by atoms with Gasteiger partial charge in [0.25, 0.3) is 0 Å². The van der Waals surface area contributed by atoms with Crippen molar-refractivity contribution in [2.75, 3.05) is 18.3 Å². The molecule has 0 aromatic carbocycles. The van der Waals surface area contributed by atoms with Gasteiger partial charge in [0.05, 0.1) is 5.75 Å². The van der Waals surface area contributed by atoms with Crippen LogP contribution in [0.15, 0.2) is 0 Å².